The van der Waals surface area contributed by atoms with Gasteiger partial charge >= 0.3 is 0 Å². The van der Waals surface area contributed by atoms with Gasteiger partial charge in [0.05, 0.1) is 12.8 Å². The van der Waals surface area contributed by atoms with Gasteiger partial charge in [0.1, 0.15) is 6.61 Å². The molecule has 1 N–H and O–H groups in total. The van der Waals surface area contributed by atoms with Crippen LogP contribution in [0.2, 0.25) is 0 Å². The Labute approximate surface area is 94.8 Å². The van der Waals surface area contributed by atoms with Crippen LogP contribution in [-0.4, -0.2) is 24.6 Å². The van der Waals surface area contributed by atoms with E-state index in [4.69, 9.17) is 14.7 Å². The summed E-state index contributed by atoms with van der Waals surface area (Å²) in [6.45, 7) is 6.44. The minimum Gasteiger partial charge on any atom is -0.490 e. The SMILES string of the molecule is C=CCOc1ccc(C=NO)cc1OCC. The Morgan fingerprint density at radius 3 is 2.81 bits per heavy atom. The molecule has 1 rings (SSSR count). The van der Waals surface area contributed by atoms with E-state index in [1.807, 2.05) is 6.92 Å². The summed E-state index contributed by atoms with van der Waals surface area (Å²) in [6, 6.07) is 5.30. The fourth-order valence-electron chi connectivity index (χ4n) is 1.21. The first-order valence-corrected chi connectivity index (χ1v) is 4.99. The van der Waals surface area contributed by atoms with E-state index in [1.54, 1.807) is 24.3 Å². The Balaban J connectivity index is 2.93. The van der Waals surface area contributed by atoms with Crippen LogP contribution >= 0.6 is 0 Å². The lowest BCUT2D eigenvalue weighted by molar-refractivity contribution is 0.297. The Morgan fingerprint density at radius 1 is 1.38 bits per heavy atom. The van der Waals surface area contributed by atoms with E-state index in [0.29, 0.717) is 24.7 Å². The van der Waals surface area contributed by atoms with Crippen molar-refractivity contribution in [3.63, 3.8) is 0 Å². The van der Waals surface area contributed by atoms with Gasteiger partial charge in [-0.1, -0.05) is 17.8 Å². The van der Waals surface area contributed by atoms with Crippen LogP contribution in [0.4, 0.5) is 0 Å². The lowest BCUT2D eigenvalue weighted by atomic mass is 10.2. The van der Waals surface area contributed by atoms with Crippen molar-refractivity contribution in [2.45, 2.75) is 6.92 Å². The van der Waals surface area contributed by atoms with Crippen molar-refractivity contribution in [1.82, 2.24) is 0 Å². The molecule has 0 aliphatic heterocycles. The number of rotatable bonds is 6. The predicted octanol–water partition coefficient (Wildman–Crippen LogP) is 2.46. The van der Waals surface area contributed by atoms with E-state index in [1.165, 1.54) is 6.21 Å². The minimum absolute atomic E-state index is 0.424. The Bertz CT molecular complexity index is 375. The monoisotopic (exact) mass is 221 g/mol. The highest BCUT2D eigenvalue weighted by atomic mass is 16.5. The highest BCUT2D eigenvalue weighted by Crippen LogP contribution is 2.27. The van der Waals surface area contributed by atoms with Crippen LogP contribution in [0.5, 0.6) is 11.5 Å². The van der Waals surface area contributed by atoms with E-state index >= 15 is 0 Å². The molecule has 0 amide bonds. The van der Waals surface area contributed by atoms with E-state index in [9.17, 15) is 0 Å². The second kappa shape index (κ2) is 6.50. The molecule has 1 aromatic carbocycles. The minimum atomic E-state index is 0.424. The zero-order valence-electron chi connectivity index (χ0n) is 9.22. The zero-order chi connectivity index (χ0) is 11.8. The smallest absolute Gasteiger partial charge is 0.161 e. The van der Waals surface area contributed by atoms with Crippen molar-refractivity contribution in [3.05, 3.63) is 36.4 Å². The molecule has 16 heavy (non-hydrogen) atoms. The second-order valence-corrected chi connectivity index (χ2v) is 2.98. The first-order valence-electron chi connectivity index (χ1n) is 4.99. The number of hydrogen-bond donors (Lipinski definition) is 1. The van der Waals surface area contributed by atoms with Crippen LogP contribution in [0.1, 0.15) is 12.5 Å². The third-order valence-corrected chi connectivity index (χ3v) is 1.83. The van der Waals surface area contributed by atoms with Crippen molar-refractivity contribution in [1.29, 1.82) is 0 Å². The van der Waals surface area contributed by atoms with Gasteiger partial charge in [-0.25, -0.2) is 0 Å². The van der Waals surface area contributed by atoms with Crippen molar-refractivity contribution >= 4 is 6.21 Å². The van der Waals surface area contributed by atoms with Crippen LogP contribution < -0.4 is 9.47 Å². The molecule has 1 aromatic rings. The van der Waals surface area contributed by atoms with E-state index in [0.717, 1.165) is 5.56 Å². The number of ether oxygens (including phenoxy) is 2. The molecule has 0 bridgehead atoms. The highest BCUT2D eigenvalue weighted by molar-refractivity contribution is 5.80. The summed E-state index contributed by atoms with van der Waals surface area (Å²) >= 11 is 0. The summed E-state index contributed by atoms with van der Waals surface area (Å²) in [4.78, 5) is 0. The first-order chi connectivity index (χ1) is 7.81. The van der Waals surface area contributed by atoms with Crippen LogP contribution in [0.15, 0.2) is 36.0 Å². The molecule has 0 heterocycles. The molecule has 0 aromatic heterocycles. The predicted molar refractivity (Wildman–Crippen MR) is 62.7 cm³/mol. The molecule has 4 heteroatoms. The maximum atomic E-state index is 8.44. The van der Waals surface area contributed by atoms with Gasteiger partial charge in [-0.05, 0) is 25.1 Å². The maximum Gasteiger partial charge on any atom is 0.161 e. The number of hydrogen-bond acceptors (Lipinski definition) is 4. The second-order valence-electron chi connectivity index (χ2n) is 2.98. The molecule has 0 spiro atoms. The average Bonchev–Trinajstić information content (AvgIpc) is 2.29. The Morgan fingerprint density at radius 2 is 2.19 bits per heavy atom. The van der Waals surface area contributed by atoms with Gasteiger partial charge in [0.25, 0.3) is 0 Å². The average molecular weight is 221 g/mol. The molecule has 0 aliphatic rings. The van der Waals surface area contributed by atoms with Crippen LogP contribution in [-0.2, 0) is 0 Å². The Kier molecular flexibility index (Phi) is 4.92. The first kappa shape index (κ1) is 12.1. The van der Waals surface area contributed by atoms with E-state index in [-0.39, 0.29) is 0 Å². The quantitative estimate of drug-likeness (QED) is 0.347. The fraction of sp³-hybridized carbons (Fsp3) is 0.250. The summed E-state index contributed by atoms with van der Waals surface area (Å²) < 4.78 is 10.8. The van der Waals surface area contributed by atoms with Crippen molar-refractivity contribution < 1.29 is 14.7 Å². The zero-order valence-corrected chi connectivity index (χ0v) is 9.22. The topological polar surface area (TPSA) is 51.0 Å². The van der Waals surface area contributed by atoms with Gasteiger partial charge in [0.2, 0.25) is 0 Å². The molecular weight excluding hydrogens is 206 g/mol. The summed E-state index contributed by atoms with van der Waals surface area (Å²) in [5.74, 6) is 1.28. The molecule has 0 unspecified atom stereocenters. The van der Waals surface area contributed by atoms with Crippen molar-refractivity contribution in [2.75, 3.05) is 13.2 Å². The standard InChI is InChI=1S/C12H15NO3/c1-3-7-16-11-6-5-10(9-13-14)8-12(11)15-4-2/h3,5-6,8-9,14H,1,4,7H2,2H3. The van der Waals surface area contributed by atoms with E-state index in [2.05, 4.69) is 11.7 Å². The molecule has 4 nitrogen and oxygen atoms in total. The fourth-order valence-corrected chi connectivity index (χ4v) is 1.21. The van der Waals surface area contributed by atoms with Gasteiger partial charge in [-0.3, -0.25) is 0 Å². The van der Waals surface area contributed by atoms with Crippen LogP contribution in [0, 0.1) is 0 Å². The molecule has 0 radical (unpaired) electrons. The van der Waals surface area contributed by atoms with Gasteiger partial charge in [0.15, 0.2) is 11.5 Å². The van der Waals surface area contributed by atoms with Crippen LogP contribution in [0.3, 0.4) is 0 Å². The molecule has 0 aliphatic carbocycles. The lowest BCUT2D eigenvalue weighted by Crippen LogP contribution is -1.99. The summed E-state index contributed by atoms with van der Waals surface area (Å²) in [6.07, 6.45) is 3.00. The van der Waals surface area contributed by atoms with Gasteiger partial charge in [0, 0.05) is 5.56 Å². The third-order valence-electron chi connectivity index (χ3n) is 1.83. The largest absolute Gasteiger partial charge is 0.490 e. The molecule has 86 valence electrons. The number of oxime groups is 1. The summed E-state index contributed by atoms with van der Waals surface area (Å²) in [7, 11) is 0. The Hall–Kier alpha value is -1.97. The molecule has 0 saturated carbocycles. The molecule has 0 atom stereocenters. The maximum absolute atomic E-state index is 8.44. The molecule has 0 saturated heterocycles. The summed E-state index contributed by atoms with van der Waals surface area (Å²) in [5.41, 5.74) is 0.747. The van der Waals surface area contributed by atoms with Gasteiger partial charge < -0.3 is 14.7 Å². The normalized spacial score (nSPS) is 10.3. The van der Waals surface area contributed by atoms with Crippen molar-refractivity contribution in [2.24, 2.45) is 5.16 Å². The molecule has 0 fully saturated rings. The van der Waals surface area contributed by atoms with Gasteiger partial charge in [-0.15, -0.1) is 0 Å². The molecular formula is C12H15NO3. The van der Waals surface area contributed by atoms with Gasteiger partial charge in [-0.2, -0.15) is 0 Å². The van der Waals surface area contributed by atoms with E-state index < -0.39 is 0 Å². The lowest BCUT2D eigenvalue weighted by Gasteiger charge is -2.11. The van der Waals surface area contributed by atoms with Crippen LogP contribution in [0.25, 0.3) is 0 Å². The number of nitrogens with zero attached hydrogens (tertiary/aromatic N) is 1. The summed E-state index contributed by atoms with van der Waals surface area (Å²) in [5, 5.41) is 11.4. The third kappa shape index (κ3) is 3.31. The number of benzene rings is 1. The van der Waals surface area contributed by atoms with Crippen molar-refractivity contribution in [3.8, 4) is 11.5 Å². The highest BCUT2D eigenvalue weighted by Gasteiger charge is 2.04.